The van der Waals surface area contributed by atoms with Crippen molar-refractivity contribution < 1.29 is 14.4 Å². The molecule has 1 unspecified atom stereocenters. The van der Waals surface area contributed by atoms with Crippen LogP contribution < -0.4 is 11.2 Å². The zero-order chi connectivity index (χ0) is 12.8. The zero-order valence-corrected chi connectivity index (χ0v) is 10.9. The SMILES string of the molecule is CC(C)C(CCON)NC(=O)OC(C)(C)C. The van der Waals surface area contributed by atoms with E-state index in [1.54, 1.807) is 0 Å². The lowest BCUT2D eigenvalue weighted by molar-refractivity contribution is 0.0467. The molecule has 0 saturated carbocycles. The first-order chi connectivity index (χ1) is 7.26. The fourth-order valence-electron chi connectivity index (χ4n) is 1.23. The minimum atomic E-state index is -0.476. The molecule has 5 nitrogen and oxygen atoms in total. The summed E-state index contributed by atoms with van der Waals surface area (Å²) in [5.41, 5.74) is -0.476. The van der Waals surface area contributed by atoms with Gasteiger partial charge >= 0.3 is 6.09 Å². The molecule has 0 aliphatic heterocycles. The fraction of sp³-hybridized carbons (Fsp3) is 0.909. The minimum Gasteiger partial charge on any atom is -0.444 e. The van der Waals surface area contributed by atoms with Crippen LogP contribution in [0.1, 0.15) is 41.0 Å². The van der Waals surface area contributed by atoms with Gasteiger partial charge in [-0.25, -0.2) is 10.7 Å². The molecule has 96 valence electrons. The first-order valence-corrected chi connectivity index (χ1v) is 5.57. The lowest BCUT2D eigenvalue weighted by Crippen LogP contribution is -2.42. The molecule has 0 fully saturated rings. The number of carbonyl (C=O) groups excluding carboxylic acids is 1. The molecule has 0 heterocycles. The normalized spacial score (nSPS) is 13.7. The lowest BCUT2D eigenvalue weighted by Gasteiger charge is -2.25. The third kappa shape index (κ3) is 7.48. The molecule has 0 aliphatic carbocycles. The van der Waals surface area contributed by atoms with Crippen LogP contribution in [0, 0.1) is 5.92 Å². The molecule has 3 N–H and O–H groups in total. The first kappa shape index (κ1) is 15.2. The van der Waals surface area contributed by atoms with Crippen molar-refractivity contribution in [1.82, 2.24) is 5.32 Å². The van der Waals surface area contributed by atoms with Gasteiger partial charge < -0.3 is 14.9 Å². The van der Waals surface area contributed by atoms with Crippen molar-refractivity contribution in [2.24, 2.45) is 11.8 Å². The van der Waals surface area contributed by atoms with Gasteiger partial charge in [0.05, 0.1) is 6.61 Å². The number of hydrogen-bond acceptors (Lipinski definition) is 4. The maximum Gasteiger partial charge on any atom is 0.407 e. The van der Waals surface area contributed by atoms with Crippen molar-refractivity contribution in [3.05, 3.63) is 0 Å². The smallest absolute Gasteiger partial charge is 0.407 e. The second-order valence-corrected chi connectivity index (χ2v) is 5.16. The van der Waals surface area contributed by atoms with Gasteiger partial charge in [0.25, 0.3) is 0 Å². The lowest BCUT2D eigenvalue weighted by atomic mass is 10.0. The molecule has 0 bridgehead atoms. The highest BCUT2D eigenvalue weighted by Gasteiger charge is 2.21. The summed E-state index contributed by atoms with van der Waals surface area (Å²) in [6.45, 7) is 9.97. The van der Waals surface area contributed by atoms with Crippen molar-refractivity contribution in [1.29, 1.82) is 0 Å². The quantitative estimate of drug-likeness (QED) is 0.709. The van der Waals surface area contributed by atoms with Crippen LogP contribution in [0.5, 0.6) is 0 Å². The van der Waals surface area contributed by atoms with E-state index < -0.39 is 11.7 Å². The Kier molecular flexibility index (Phi) is 6.36. The van der Waals surface area contributed by atoms with Crippen molar-refractivity contribution in [3.63, 3.8) is 0 Å². The van der Waals surface area contributed by atoms with Crippen molar-refractivity contribution in [2.45, 2.75) is 52.7 Å². The molecule has 0 aromatic heterocycles. The zero-order valence-electron chi connectivity index (χ0n) is 10.9. The Morgan fingerprint density at radius 1 is 1.38 bits per heavy atom. The van der Waals surface area contributed by atoms with E-state index in [2.05, 4.69) is 10.2 Å². The highest BCUT2D eigenvalue weighted by Crippen LogP contribution is 2.10. The Morgan fingerprint density at radius 2 is 1.94 bits per heavy atom. The third-order valence-electron chi connectivity index (χ3n) is 2.05. The molecule has 0 aromatic carbocycles. The van der Waals surface area contributed by atoms with E-state index in [9.17, 15) is 4.79 Å². The molecule has 5 heteroatoms. The monoisotopic (exact) mass is 232 g/mol. The summed E-state index contributed by atoms with van der Waals surface area (Å²) >= 11 is 0. The summed E-state index contributed by atoms with van der Waals surface area (Å²) < 4.78 is 5.18. The van der Waals surface area contributed by atoms with Gasteiger partial charge in [0.1, 0.15) is 5.60 Å². The summed E-state index contributed by atoms with van der Waals surface area (Å²) in [7, 11) is 0. The van der Waals surface area contributed by atoms with Crippen molar-refractivity contribution >= 4 is 6.09 Å². The molecule has 1 atom stereocenters. The minimum absolute atomic E-state index is 0.0124. The van der Waals surface area contributed by atoms with Crippen LogP contribution in [0.15, 0.2) is 0 Å². The molecule has 0 rings (SSSR count). The van der Waals surface area contributed by atoms with Gasteiger partial charge in [-0.15, -0.1) is 0 Å². The second kappa shape index (κ2) is 6.70. The van der Waals surface area contributed by atoms with Crippen LogP contribution in [0.2, 0.25) is 0 Å². The van der Waals surface area contributed by atoms with Crippen molar-refractivity contribution in [3.8, 4) is 0 Å². The number of alkyl carbamates (subject to hydrolysis) is 1. The summed E-state index contributed by atoms with van der Waals surface area (Å²) in [6.07, 6.45) is 0.274. The van der Waals surface area contributed by atoms with Crippen LogP contribution in [0.4, 0.5) is 4.79 Å². The number of nitrogens with one attached hydrogen (secondary N) is 1. The number of carbonyl (C=O) groups is 1. The fourth-order valence-corrected chi connectivity index (χ4v) is 1.23. The molecule has 0 aromatic rings. The molecule has 0 radical (unpaired) electrons. The summed E-state index contributed by atoms with van der Waals surface area (Å²) in [5, 5.41) is 2.81. The Balaban J connectivity index is 4.13. The maximum absolute atomic E-state index is 11.5. The summed E-state index contributed by atoms with van der Waals surface area (Å²) in [5.74, 6) is 5.27. The van der Waals surface area contributed by atoms with E-state index >= 15 is 0 Å². The number of rotatable bonds is 5. The first-order valence-electron chi connectivity index (χ1n) is 5.57. The van der Waals surface area contributed by atoms with Crippen LogP contribution in [0.3, 0.4) is 0 Å². The topological polar surface area (TPSA) is 73.6 Å². The van der Waals surface area contributed by atoms with Crippen molar-refractivity contribution in [2.75, 3.05) is 6.61 Å². The molecule has 0 saturated heterocycles. The number of nitrogens with two attached hydrogens (primary N) is 1. The Hall–Kier alpha value is -0.810. The Morgan fingerprint density at radius 3 is 2.31 bits per heavy atom. The van der Waals surface area contributed by atoms with E-state index in [0.29, 0.717) is 18.9 Å². The maximum atomic E-state index is 11.5. The Labute approximate surface area is 97.6 Å². The average Bonchev–Trinajstić information content (AvgIpc) is 2.08. The van der Waals surface area contributed by atoms with Gasteiger partial charge in [-0.2, -0.15) is 0 Å². The summed E-state index contributed by atoms with van der Waals surface area (Å²) in [6, 6.07) is 0.0124. The highest BCUT2D eigenvalue weighted by molar-refractivity contribution is 5.68. The number of ether oxygens (including phenoxy) is 1. The standard InChI is InChI=1S/C11H24N2O3/c1-8(2)9(6-7-15-12)13-10(14)16-11(3,4)5/h8-9H,6-7,12H2,1-5H3,(H,13,14). The predicted octanol–water partition coefficient (Wildman–Crippen LogP) is 1.82. The second-order valence-electron chi connectivity index (χ2n) is 5.16. The van der Waals surface area contributed by atoms with Gasteiger partial charge in [-0.1, -0.05) is 13.8 Å². The van der Waals surface area contributed by atoms with E-state index in [0.717, 1.165) is 0 Å². The molecular weight excluding hydrogens is 208 g/mol. The number of hydrogen-bond donors (Lipinski definition) is 2. The van der Waals surface area contributed by atoms with Gasteiger partial charge in [-0.3, -0.25) is 0 Å². The van der Waals surface area contributed by atoms with Gasteiger partial charge in [-0.05, 0) is 33.1 Å². The molecule has 0 spiro atoms. The summed E-state index contributed by atoms with van der Waals surface area (Å²) in [4.78, 5) is 16.0. The van der Waals surface area contributed by atoms with E-state index in [1.807, 2.05) is 34.6 Å². The number of amides is 1. The highest BCUT2D eigenvalue weighted by atomic mass is 16.6. The van der Waals surface area contributed by atoms with Crippen LogP contribution in [0.25, 0.3) is 0 Å². The molecule has 0 aliphatic rings. The average molecular weight is 232 g/mol. The predicted molar refractivity (Wildman–Crippen MR) is 62.8 cm³/mol. The van der Waals surface area contributed by atoms with E-state index in [4.69, 9.17) is 10.6 Å². The largest absolute Gasteiger partial charge is 0.444 e. The molecule has 16 heavy (non-hydrogen) atoms. The van der Waals surface area contributed by atoms with E-state index in [-0.39, 0.29) is 6.04 Å². The van der Waals surface area contributed by atoms with Crippen LogP contribution >= 0.6 is 0 Å². The Bertz CT molecular complexity index is 212. The van der Waals surface area contributed by atoms with Crippen LogP contribution in [-0.4, -0.2) is 24.3 Å². The van der Waals surface area contributed by atoms with Gasteiger partial charge in [0, 0.05) is 6.04 Å². The van der Waals surface area contributed by atoms with Gasteiger partial charge in [0.2, 0.25) is 0 Å². The van der Waals surface area contributed by atoms with Gasteiger partial charge in [0.15, 0.2) is 0 Å². The van der Waals surface area contributed by atoms with Crippen LogP contribution in [-0.2, 0) is 9.57 Å². The molecular formula is C11H24N2O3. The van der Waals surface area contributed by atoms with E-state index in [1.165, 1.54) is 0 Å². The molecule has 1 amide bonds. The third-order valence-corrected chi connectivity index (χ3v) is 2.05.